The fourth-order valence-electron chi connectivity index (χ4n) is 2.37. The Hall–Kier alpha value is -1.59. The van der Waals surface area contributed by atoms with Crippen LogP contribution in [0.15, 0.2) is 24.3 Å². The number of hydrogen-bond donors (Lipinski definition) is 2. The smallest absolute Gasteiger partial charge is 0.222 e. The molecule has 1 saturated heterocycles. The minimum atomic E-state index is -0.455. The van der Waals surface area contributed by atoms with E-state index in [9.17, 15) is 14.7 Å². The van der Waals surface area contributed by atoms with Crippen molar-refractivity contribution in [3.63, 3.8) is 0 Å². The quantitative estimate of drug-likeness (QED) is 0.836. The molecule has 1 aromatic rings. The maximum atomic E-state index is 11.9. The largest absolute Gasteiger partial charge is 0.394 e. The number of nitrogens with one attached hydrogen (secondary N) is 1. The monoisotopic (exact) mass is 310 g/mol. The Balaban J connectivity index is 1.84. The molecule has 1 fully saturated rings. The molecule has 5 nitrogen and oxygen atoms in total. The number of amides is 2. The van der Waals surface area contributed by atoms with Gasteiger partial charge in [0.15, 0.2) is 0 Å². The summed E-state index contributed by atoms with van der Waals surface area (Å²) in [4.78, 5) is 25.1. The second kappa shape index (κ2) is 7.43. The second-order valence-electron chi connectivity index (χ2n) is 5.09. The molecule has 0 aromatic heterocycles. The van der Waals surface area contributed by atoms with E-state index in [1.807, 2.05) is 0 Å². The Labute approximate surface area is 128 Å². The van der Waals surface area contributed by atoms with Gasteiger partial charge in [0.1, 0.15) is 0 Å². The van der Waals surface area contributed by atoms with Crippen LogP contribution in [0.5, 0.6) is 0 Å². The van der Waals surface area contributed by atoms with Crippen LogP contribution in [0.4, 0.5) is 0 Å². The normalized spacial score (nSPS) is 16.1. The SMILES string of the molecule is O=C(CCN1CCCC1=O)NC(CO)c1ccc(Cl)cc1. The lowest BCUT2D eigenvalue weighted by atomic mass is 10.1. The van der Waals surface area contributed by atoms with Crippen LogP contribution in [0.3, 0.4) is 0 Å². The summed E-state index contributed by atoms with van der Waals surface area (Å²) in [6.45, 7) is 0.978. The van der Waals surface area contributed by atoms with Crippen LogP contribution in [0.1, 0.15) is 30.9 Å². The molecule has 0 bridgehead atoms. The zero-order valence-electron chi connectivity index (χ0n) is 11.7. The van der Waals surface area contributed by atoms with Crippen molar-refractivity contribution in [3.05, 3.63) is 34.9 Å². The highest BCUT2D eigenvalue weighted by atomic mass is 35.5. The average molecular weight is 311 g/mol. The highest BCUT2D eigenvalue weighted by Gasteiger charge is 2.21. The molecular weight excluding hydrogens is 292 g/mol. The van der Waals surface area contributed by atoms with Crippen LogP contribution >= 0.6 is 11.6 Å². The van der Waals surface area contributed by atoms with Crippen LogP contribution in [0.25, 0.3) is 0 Å². The molecule has 1 unspecified atom stereocenters. The molecule has 1 atom stereocenters. The van der Waals surface area contributed by atoms with Crippen LogP contribution < -0.4 is 5.32 Å². The van der Waals surface area contributed by atoms with Gasteiger partial charge in [0.05, 0.1) is 12.6 Å². The van der Waals surface area contributed by atoms with Crippen molar-refractivity contribution < 1.29 is 14.7 Å². The molecule has 21 heavy (non-hydrogen) atoms. The van der Waals surface area contributed by atoms with Gasteiger partial charge in [-0.2, -0.15) is 0 Å². The first-order chi connectivity index (χ1) is 10.1. The minimum Gasteiger partial charge on any atom is -0.394 e. The predicted octanol–water partition coefficient (Wildman–Crippen LogP) is 1.50. The van der Waals surface area contributed by atoms with Gasteiger partial charge >= 0.3 is 0 Å². The summed E-state index contributed by atoms with van der Waals surface area (Å²) in [5.74, 6) is -0.0668. The number of aliphatic hydroxyl groups excluding tert-OH is 1. The van der Waals surface area contributed by atoms with Gasteiger partial charge in [0.2, 0.25) is 11.8 Å². The van der Waals surface area contributed by atoms with Crippen LogP contribution in [0.2, 0.25) is 5.02 Å². The lowest BCUT2D eigenvalue weighted by Crippen LogP contribution is -2.34. The first-order valence-corrected chi connectivity index (χ1v) is 7.41. The van der Waals surface area contributed by atoms with Gasteiger partial charge in [-0.3, -0.25) is 9.59 Å². The summed E-state index contributed by atoms with van der Waals surface area (Å²) >= 11 is 5.81. The number of halogens is 1. The lowest BCUT2D eigenvalue weighted by Gasteiger charge is -2.19. The number of hydrogen-bond acceptors (Lipinski definition) is 3. The third-order valence-electron chi connectivity index (χ3n) is 3.57. The topological polar surface area (TPSA) is 69.6 Å². The Morgan fingerprint density at radius 3 is 2.67 bits per heavy atom. The first-order valence-electron chi connectivity index (χ1n) is 7.03. The van der Waals surface area contributed by atoms with Crippen molar-refractivity contribution in [1.82, 2.24) is 10.2 Å². The van der Waals surface area contributed by atoms with Crippen molar-refractivity contribution in [2.24, 2.45) is 0 Å². The van der Waals surface area contributed by atoms with Gasteiger partial charge in [-0.15, -0.1) is 0 Å². The summed E-state index contributed by atoms with van der Waals surface area (Å²) < 4.78 is 0. The number of carbonyl (C=O) groups excluding carboxylic acids is 2. The van der Waals surface area contributed by atoms with Crippen molar-refractivity contribution >= 4 is 23.4 Å². The summed E-state index contributed by atoms with van der Waals surface area (Å²) in [5.41, 5.74) is 0.799. The number of nitrogens with zero attached hydrogens (tertiary/aromatic N) is 1. The molecule has 1 heterocycles. The highest BCUT2D eigenvalue weighted by molar-refractivity contribution is 6.30. The maximum Gasteiger partial charge on any atom is 0.222 e. The third-order valence-corrected chi connectivity index (χ3v) is 3.82. The third kappa shape index (κ3) is 4.44. The Kier molecular flexibility index (Phi) is 5.59. The van der Waals surface area contributed by atoms with E-state index in [-0.39, 0.29) is 24.8 Å². The Morgan fingerprint density at radius 1 is 1.38 bits per heavy atom. The summed E-state index contributed by atoms with van der Waals surface area (Å²) in [7, 11) is 0. The van der Waals surface area contributed by atoms with Gasteiger partial charge in [0, 0.05) is 31.0 Å². The molecule has 6 heteroatoms. The van der Waals surface area contributed by atoms with E-state index in [0.29, 0.717) is 18.0 Å². The van der Waals surface area contributed by atoms with E-state index in [1.54, 1.807) is 29.2 Å². The van der Waals surface area contributed by atoms with E-state index in [1.165, 1.54) is 0 Å². The van der Waals surface area contributed by atoms with E-state index < -0.39 is 6.04 Å². The lowest BCUT2D eigenvalue weighted by molar-refractivity contribution is -0.128. The molecule has 0 aliphatic carbocycles. The number of carbonyl (C=O) groups is 2. The fourth-order valence-corrected chi connectivity index (χ4v) is 2.50. The predicted molar refractivity (Wildman–Crippen MR) is 79.9 cm³/mol. The molecular formula is C15H19ClN2O3. The van der Waals surface area contributed by atoms with Gasteiger partial charge in [-0.1, -0.05) is 23.7 Å². The van der Waals surface area contributed by atoms with Crippen LogP contribution in [-0.2, 0) is 9.59 Å². The van der Waals surface area contributed by atoms with Crippen molar-refractivity contribution in [2.75, 3.05) is 19.7 Å². The average Bonchev–Trinajstić information content (AvgIpc) is 2.89. The number of rotatable bonds is 6. The molecule has 2 amide bonds. The summed E-state index contributed by atoms with van der Waals surface area (Å²) in [5, 5.41) is 12.8. The van der Waals surface area contributed by atoms with E-state index >= 15 is 0 Å². The molecule has 1 aliphatic rings. The van der Waals surface area contributed by atoms with Crippen molar-refractivity contribution in [2.45, 2.75) is 25.3 Å². The van der Waals surface area contributed by atoms with Crippen molar-refractivity contribution in [3.8, 4) is 0 Å². The second-order valence-corrected chi connectivity index (χ2v) is 5.53. The molecule has 0 radical (unpaired) electrons. The number of benzene rings is 1. The molecule has 0 spiro atoms. The maximum absolute atomic E-state index is 11.9. The van der Waals surface area contributed by atoms with Gasteiger partial charge in [-0.25, -0.2) is 0 Å². The Morgan fingerprint density at radius 2 is 2.10 bits per heavy atom. The molecule has 114 valence electrons. The number of aliphatic hydroxyl groups is 1. The van der Waals surface area contributed by atoms with Crippen LogP contribution in [0, 0.1) is 0 Å². The van der Waals surface area contributed by atoms with Crippen molar-refractivity contribution in [1.29, 1.82) is 0 Å². The van der Waals surface area contributed by atoms with E-state index in [2.05, 4.69) is 5.32 Å². The van der Waals surface area contributed by atoms with Gasteiger partial charge in [0.25, 0.3) is 0 Å². The number of likely N-dealkylation sites (tertiary alicyclic amines) is 1. The van der Waals surface area contributed by atoms with E-state index in [0.717, 1.165) is 18.5 Å². The molecule has 2 N–H and O–H groups in total. The highest BCUT2D eigenvalue weighted by Crippen LogP contribution is 2.16. The van der Waals surface area contributed by atoms with Gasteiger partial charge in [-0.05, 0) is 24.1 Å². The van der Waals surface area contributed by atoms with E-state index in [4.69, 9.17) is 11.6 Å². The standard InChI is InChI=1S/C15H19ClN2O3/c16-12-5-3-11(4-6-12)13(10-19)17-14(20)7-9-18-8-1-2-15(18)21/h3-6,13,19H,1-2,7-10H2,(H,17,20). The zero-order chi connectivity index (χ0) is 15.2. The van der Waals surface area contributed by atoms with Gasteiger partial charge < -0.3 is 15.3 Å². The Bertz CT molecular complexity index is 504. The summed E-state index contributed by atoms with van der Waals surface area (Å²) in [6.07, 6.45) is 1.69. The molecule has 1 aliphatic heterocycles. The zero-order valence-corrected chi connectivity index (χ0v) is 12.5. The first kappa shape index (κ1) is 15.8. The molecule has 0 saturated carbocycles. The minimum absolute atomic E-state index is 0.110. The van der Waals surface area contributed by atoms with Crippen LogP contribution in [-0.4, -0.2) is 41.5 Å². The molecule has 1 aromatic carbocycles. The summed E-state index contributed by atoms with van der Waals surface area (Å²) in [6, 6.07) is 6.52. The fraction of sp³-hybridized carbons (Fsp3) is 0.467. The molecule has 2 rings (SSSR count).